The molecule has 26 heavy (non-hydrogen) atoms. The van der Waals surface area contributed by atoms with Crippen LogP contribution >= 0.6 is 0 Å². The lowest BCUT2D eigenvalue weighted by atomic mass is 9.72. The number of aromatic nitrogens is 2. The van der Waals surface area contributed by atoms with Gasteiger partial charge in [-0.3, -0.25) is 4.90 Å². The van der Waals surface area contributed by atoms with Gasteiger partial charge in [0.05, 0.1) is 5.69 Å². The van der Waals surface area contributed by atoms with E-state index in [0.717, 1.165) is 37.4 Å². The van der Waals surface area contributed by atoms with Gasteiger partial charge < -0.3 is 0 Å². The lowest BCUT2D eigenvalue weighted by Crippen LogP contribution is -2.36. The van der Waals surface area contributed by atoms with Crippen LogP contribution in [-0.4, -0.2) is 28.0 Å². The van der Waals surface area contributed by atoms with E-state index >= 15 is 0 Å². The second-order valence-electron chi connectivity index (χ2n) is 8.49. The van der Waals surface area contributed by atoms with Gasteiger partial charge in [-0.05, 0) is 31.6 Å². The van der Waals surface area contributed by atoms with E-state index in [1.54, 1.807) is 11.1 Å². The van der Waals surface area contributed by atoms with Crippen LogP contribution in [-0.2, 0) is 13.0 Å². The Labute approximate surface area is 157 Å². The van der Waals surface area contributed by atoms with Gasteiger partial charge in [-0.25, -0.2) is 9.97 Å². The Kier molecular flexibility index (Phi) is 4.66. The van der Waals surface area contributed by atoms with Crippen LogP contribution in [0.4, 0.5) is 0 Å². The summed E-state index contributed by atoms with van der Waals surface area (Å²) in [4.78, 5) is 12.1. The van der Waals surface area contributed by atoms with Gasteiger partial charge in [-0.1, -0.05) is 55.3 Å². The van der Waals surface area contributed by atoms with E-state index in [1.165, 1.54) is 30.5 Å². The first-order valence-electron chi connectivity index (χ1n) is 9.84. The number of rotatable bonds is 3. The third-order valence-electron chi connectivity index (χ3n) is 6.11. The molecule has 2 heterocycles. The maximum absolute atomic E-state index is 4.86. The fraction of sp³-hybridized carbons (Fsp3) is 0.478. The van der Waals surface area contributed by atoms with E-state index in [1.807, 2.05) is 24.4 Å². The number of hydrogen-bond acceptors (Lipinski definition) is 3. The highest BCUT2D eigenvalue weighted by atomic mass is 15.1. The molecule has 0 unspecified atom stereocenters. The largest absolute Gasteiger partial charge is 0.295 e. The van der Waals surface area contributed by atoms with Crippen LogP contribution < -0.4 is 0 Å². The molecule has 1 aromatic heterocycles. The zero-order chi connectivity index (χ0) is 18.1. The molecule has 1 aromatic carbocycles. The minimum Gasteiger partial charge on any atom is -0.295 e. The maximum atomic E-state index is 4.86. The molecule has 2 aliphatic rings. The van der Waals surface area contributed by atoms with Crippen molar-refractivity contribution in [3.05, 3.63) is 58.9 Å². The first kappa shape index (κ1) is 17.4. The Bertz CT molecular complexity index is 821. The minimum absolute atomic E-state index is 0.344. The summed E-state index contributed by atoms with van der Waals surface area (Å²) in [6.07, 6.45) is 6.98. The van der Waals surface area contributed by atoms with Crippen LogP contribution in [0.5, 0.6) is 0 Å². The van der Waals surface area contributed by atoms with Gasteiger partial charge in [0.25, 0.3) is 0 Å². The molecule has 1 aliphatic heterocycles. The van der Waals surface area contributed by atoms with Gasteiger partial charge in [0, 0.05) is 43.4 Å². The van der Waals surface area contributed by atoms with Gasteiger partial charge in [0.15, 0.2) is 5.82 Å². The SMILES string of the molecule is CC1=C(CN2CCc3nc(-c4ccccc4)ncc3C2)C(C)(C)CCC1. The van der Waals surface area contributed by atoms with Crippen LogP contribution in [0.15, 0.2) is 47.7 Å². The molecule has 4 rings (SSSR count). The molecule has 2 aromatic rings. The second kappa shape index (κ2) is 6.96. The summed E-state index contributed by atoms with van der Waals surface area (Å²) in [5, 5.41) is 0. The highest BCUT2D eigenvalue weighted by Gasteiger charge is 2.30. The molecule has 1 aliphatic carbocycles. The summed E-state index contributed by atoms with van der Waals surface area (Å²) >= 11 is 0. The normalized spacial score (nSPS) is 20.1. The van der Waals surface area contributed by atoms with Crippen molar-refractivity contribution in [2.75, 3.05) is 13.1 Å². The Morgan fingerprint density at radius 3 is 2.69 bits per heavy atom. The third kappa shape index (κ3) is 3.45. The fourth-order valence-corrected chi connectivity index (χ4v) is 4.48. The number of fused-ring (bicyclic) bond motifs is 1. The average Bonchev–Trinajstić information content (AvgIpc) is 2.65. The van der Waals surface area contributed by atoms with Gasteiger partial charge >= 0.3 is 0 Å². The first-order chi connectivity index (χ1) is 12.5. The molecule has 0 radical (unpaired) electrons. The van der Waals surface area contributed by atoms with Gasteiger partial charge in [0.1, 0.15) is 0 Å². The number of benzene rings is 1. The molecule has 0 bridgehead atoms. The van der Waals surface area contributed by atoms with E-state index in [9.17, 15) is 0 Å². The minimum atomic E-state index is 0.344. The lowest BCUT2D eigenvalue weighted by Gasteiger charge is -2.38. The van der Waals surface area contributed by atoms with Gasteiger partial charge in [-0.15, -0.1) is 0 Å². The van der Waals surface area contributed by atoms with Crippen molar-refractivity contribution in [3.63, 3.8) is 0 Å². The fourth-order valence-electron chi connectivity index (χ4n) is 4.48. The molecular weight excluding hydrogens is 318 g/mol. The van der Waals surface area contributed by atoms with Crippen LogP contribution in [0.25, 0.3) is 11.4 Å². The first-order valence-corrected chi connectivity index (χ1v) is 9.84. The highest BCUT2D eigenvalue weighted by Crippen LogP contribution is 2.40. The molecule has 3 nitrogen and oxygen atoms in total. The molecule has 0 spiro atoms. The number of hydrogen-bond donors (Lipinski definition) is 0. The van der Waals surface area contributed by atoms with Crippen LogP contribution in [0, 0.1) is 5.41 Å². The van der Waals surface area contributed by atoms with Crippen molar-refractivity contribution in [1.29, 1.82) is 0 Å². The van der Waals surface area contributed by atoms with Crippen LogP contribution in [0.1, 0.15) is 51.3 Å². The Hall–Kier alpha value is -2.00. The second-order valence-corrected chi connectivity index (χ2v) is 8.49. The van der Waals surface area contributed by atoms with Crippen molar-refractivity contribution in [2.45, 2.75) is 53.0 Å². The van der Waals surface area contributed by atoms with Gasteiger partial charge in [-0.2, -0.15) is 0 Å². The summed E-state index contributed by atoms with van der Waals surface area (Å²) in [6, 6.07) is 10.3. The molecule has 0 fully saturated rings. The Balaban J connectivity index is 1.52. The lowest BCUT2D eigenvalue weighted by molar-refractivity contribution is 0.239. The molecule has 0 saturated carbocycles. The molecule has 0 amide bonds. The number of allylic oxidation sites excluding steroid dienone is 1. The zero-order valence-electron chi connectivity index (χ0n) is 16.3. The zero-order valence-corrected chi connectivity index (χ0v) is 16.3. The van der Waals surface area contributed by atoms with Crippen molar-refractivity contribution < 1.29 is 0 Å². The summed E-state index contributed by atoms with van der Waals surface area (Å²) in [6.45, 7) is 10.3. The topological polar surface area (TPSA) is 29.0 Å². The van der Waals surface area contributed by atoms with Crippen molar-refractivity contribution in [3.8, 4) is 11.4 Å². The smallest absolute Gasteiger partial charge is 0.159 e. The average molecular weight is 348 g/mol. The summed E-state index contributed by atoms with van der Waals surface area (Å²) in [7, 11) is 0. The van der Waals surface area contributed by atoms with E-state index < -0.39 is 0 Å². The van der Waals surface area contributed by atoms with E-state index in [-0.39, 0.29) is 0 Å². The predicted molar refractivity (Wildman–Crippen MR) is 107 cm³/mol. The van der Waals surface area contributed by atoms with E-state index in [2.05, 4.69) is 42.8 Å². The Morgan fingerprint density at radius 1 is 1.12 bits per heavy atom. The molecule has 0 N–H and O–H groups in total. The molecule has 0 saturated heterocycles. The summed E-state index contributed by atoms with van der Waals surface area (Å²) in [5.41, 5.74) is 7.24. The van der Waals surface area contributed by atoms with E-state index in [0.29, 0.717) is 5.41 Å². The van der Waals surface area contributed by atoms with E-state index in [4.69, 9.17) is 4.98 Å². The molecular formula is C23H29N3. The highest BCUT2D eigenvalue weighted by molar-refractivity contribution is 5.54. The molecule has 0 atom stereocenters. The maximum Gasteiger partial charge on any atom is 0.159 e. The summed E-state index contributed by atoms with van der Waals surface area (Å²) in [5.74, 6) is 0.852. The van der Waals surface area contributed by atoms with Crippen molar-refractivity contribution >= 4 is 0 Å². The van der Waals surface area contributed by atoms with Gasteiger partial charge in [0.2, 0.25) is 0 Å². The monoisotopic (exact) mass is 347 g/mol. The molecule has 3 heteroatoms. The standard InChI is InChI=1S/C23H29N3/c1-17-8-7-12-23(2,3)20(17)16-26-13-11-21-19(15-26)14-24-22(25-21)18-9-5-4-6-10-18/h4-6,9-10,14H,7-8,11-13,15-16H2,1-3H3. The molecule has 136 valence electrons. The van der Waals surface area contributed by atoms with Crippen molar-refractivity contribution in [1.82, 2.24) is 14.9 Å². The Morgan fingerprint density at radius 2 is 1.92 bits per heavy atom. The quantitative estimate of drug-likeness (QED) is 0.729. The van der Waals surface area contributed by atoms with Crippen LogP contribution in [0.3, 0.4) is 0 Å². The number of nitrogens with zero attached hydrogens (tertiary/aromatic N) is 3. The third-order valence-corrected chi connectivity index (χ3v) is 6.11. The predicted octanol–water partition coefficient (Wildman–Crippen LogP) is 5.03. The van der Waals surface area contributed by atoms with Crippen molar-refractivity contribution in [2.24, 2.45) is 5.41 Å². The van der Waals surface area contributed by atoms with Crippen LogP contribution in [0.2, 0.25) is 0 Å². The summed E-state index contributed by atoms with van der Waals surface area (Å²) < 4.78 is 0.